The van der Waals surface area contributed by atoms with Gasteiger partial charge in [0.05, 0.1) is 35.7 Å². The van der Waals surface area contributed by atoms with Crippen LogP contribution in [0.2, 0.25) is 0 Å². The van der Waals surface area contributed by atoms with Crippen LogP contribution in [0.15, 0.2) is 48.8 Å². The molecular formula is C29H32N8O2. The van der Waals surface area contributed by atoms with Gasteiger partial charge in [-0.3, -0.25) is 4.90 Å². The Hall–Kier alpha value is -4.02. The number of aryl methyl sites for hydroxylation is 1. The second kappa shape index (κ2) is 9.94. The third-order valence-electron chi connectivity index (χ3n) is 8.06. The van der Waals surface area contributed by atoms with Crippen molar-refractivity contribution in [1.29, 1.82) is 0 Å². The van der Waals surface area contributed by atoms with E-state index in [0.717, 1.165) is 91.1 Å². The molecule has 10 heteroatoms. The number of rotatable bonds is 5. The third kappa shape index (κ3) is 4.59. The molecule has 2 fully saturated rings. The van der Waals surface area contributed by atoms with E-state index >= 15 is 0 Å². The molecule has 3 aromatic heterocycles. The van der Waals surface area contributed by atoms with Gasteiger partial charge in [-0.05, 0) is 56.9 Å². The van der Waals surface area contributed by atoms with Gasteiger partial charge in [0.15, 0.2) is 5.65 Å². The Bertz CT molecular complexity index is 1610. The lowest BCUT2D eigenvalue weighted by Gasteiger charge is -2.38. The summed E-state index contributed by atoms with van der Waals surface area (Å²) in [6.07, 6.45) is 5.94. The summed E-state index contributed by atoms with van der Waals surface area (Å²) in [6, 6.07) is 15.3. The van der Waals surface area contributed by atoms with Gasteiger partial charge in [0.2, 0.25) is 0 Å². The van der Waals surface area contributed by atoms with Gasteiger partial charge in [0, 0.05) is 24.7 Å². The van der Waals surface area contributed by atoms with Crippen molar-refractivity contribution < 1.29 is 9.47 Å². The van der Waals surface area contributed by atoms with Gasteiger partial charge in [0.25, 0.3) is 6.01 Å². The molecule has 4 heterocycles. The molecule has 2 aromatic carbocycles. The van der Waals surface area contributed by atoms with Gasteiger partial charge in [-0.15, -0.1) is 0 Å². The number of hydrogen-bond acceptors (Lipinski definition) is 8. The number of imidazole rings is 1. The molecule has 5 aromatic rings. The highest BCUT2D eigenvalue weighted by atomic mass is 16.5. The van der Waals surface area contributed by atoms with Crippen LogP contribution in [0.3, 0.4) is 0 Å². The van der Waals surface area contributed by atoms with Crippen LogP contribution in [0.5, 0.6) is 11.8 Å². The summed E-state index contributed by atoms with van der Waals surface area (Å²) in [5.74, 6) is 1.18. The van der Waals surface area contributed by atoms with Crippen molar-refractivity contribution in [1.82, 2.24) is 34.6 Å². The Morgan fingerprint density at radius 2 is 1.74 bits per heavy atom. The maximum atomic E-state index is 6.41. The van der Waals surface area contributed by atoms with E-state index in [2.05, 4.69) is 29.5 Å². The zero-order chi connectivity index (χ0) is 26.3. The van der Waals surface area contributed by atoms with Crippen LogP contribution in [-0.4, -0.2) is 67.0 Å². The van der Waals surface area contributed by atoms with E-state index in [9.17, 15) is 0 Å². The minimum absolute atomic E-state index is 0.276. The van der Waals surface area contributed by atoms with Crippen LogP contribution >= 0.6 is 0 Å². The maximum Gasteiger partial charge on any atom is 0.300 e. The zero-order valence-electron chi connectivity index (χ0n) is 22.0. The first-order valence-electron chi connectivity index (χ1n) is 13.7. The normalized spacial score (nSPS) is 20.5. The number of morpholine rings is 1. The lowest BCUT2D eigenvalue weighted by Crippen LogP contribution is -2.45. The lowest BCUT2D eigenvalue weighted by atomic mass is 9.90. The summed E-state index contributed by atoms with van der Waals surface area (Å²) in [5.41, 5.74) is 11.8. The summed E-state index contributed by atoms with van der Waals surface area (Å²) in [5, 5.41) is 5.90. The predicted octanol–water partition coefficient (Wildman–Crippen LogP) is 4.87. The number of fused-ring (bicyclic) bond motifs is 2. The fraction of sp³-hybridized carbons (Fsp3) is 0.379. The van der Waals surface area contributed by atoms with Crippen LogP contribution in [0, 0.1) is 6.92 Å². The first-order chi connectivity index (χ1) is 19.1. The SMILES string of the molecule is Cc1ccc(Oc2nc3ccc(-c4nn([C@H]5CC[C@H](N6CCOCC6)CC5)c5ncnc(N)c45)cc3[nH]2)cc1. The fourth-order valence-corrected chi connectivity index (χ4v) is 5.96. The minimum Gasteiger partial charge on any atom is -0.426 e. The maximum absolute atomic E-state index is 6.41. The predicted molar refractivity (Wildman–Crippen MR) is 150 cm³/mol. The van der Waals surface area contributed by atoms with E-state index in [1.807, 2.05) is 49.4 Å². The highest BCUT2D eigenvalue weighted by Gasteiger charge is 2.30. The highest BCUT2D eigenvalue weighted by Crippen LogP contribution is 2.37. The molecule has 1 saturated carbocycles. The zero-order valence-corrected chi connectivity index (χ0v) is 22.0. The molecule has 1 saturated heterocycles. The van der Waals surface area contributed by atoms with Gasteiger partial charge in [-0.1, -0.05) is 23.8 Å². The first kappa shape index (κ1) is 24.1. The van der Waals surface area contributed by atoms with Gasteiger partial charge < -0.3 is 20.2 Å². The van der Waals surface area contributed by atoms with Crippen LogP contribution in [0.1, 0.15) is 37.3 Å². The molecule has 0 spiro atoms. The van der Waals surface area contributed by atoms with Crippen molar-refractivity contribution in [3.63, 3.8) is 0 Å². The van der Waals surface area contributed by atoms with Crippen molar-refractivity contribution >= 4 is 27.9 Å². The number of H-pyrrole nitrogens is 1. The van der Waals surface area contributed by atoms with E-state index in [-0.39, 0.29) is 6.04 Å². The molecule has 0 radical (unpaired) electrons. The Balaban J connectivity index is 1.18. The number of benzene rings is 2. The summed E-state index contributed by atoms with van der Waals surface area (Å²) in [6.45, 7) is 5.78. The molecule has 200 valence electrons. The molecule has 1 aliphatic carbocycles. The topological polar surface area (TPSA) is 120 Å². The monoisotopic (exact) mass is 524 g/mol. The summed E-state index contributed by atoms with van der Waals surface area (Å²) >= 11 is 0. The number of ether oxygens (including phenoxy) is 2. The summed E-state index contributed by atoms with van der Waals surface area (Å²) < 4.78 is 13.6. The Kier molecular flexibility index (Phi) is 6.13. The smallest absolute Gasteiger partial charge is 0.300 e. The van der Waals surface area contributed by atoms with Crippen molar-refractivity contribution in [2.75, 3.05) is 32.0 Å². The largest absolute Gasteiger partial charge is 0.426 e. The van der Waals surface area contributed by atoms with Gasteiger partial charge >= 0.3 is 0 Å². The number of nitrogens with zero attached hydrogens (tertiary/aromatic N) is 6. The van der Waals surface area contributed by atoms with Crippen LogP contribution in [0.25, 0.3) is 33.3 Å². The molecule has 39 heavy (non-hydrogen) atoms. The van der Waals surface area contributed by atoms with Crippen molar-refractivity contribution in [3.8, 4) is 23.0 Å². The van der Waals surface area contributed by atoms with Crippen molar-refractivity contribution in [2.24, 2.45) is 0 Å². The molecule has 0 unspecified atom stereocenters. The van der Waals surface area contributed by atoms with E-state index in [4.69, 9.17) is 20.3 Å². The fourth-order valence-electron chi connectivity index (χ4n) is 5.96. The summed E-state index contributed by atoms with van der Waals surface area (Å²) in [4.78, 5) is 19.4. The molecule has 10 nitrogen and oxygen atoms in total. The second-order valence-electron chi connectivity index (χ2n) is 10.6. The molecule has 3 N–H and O–H groups in total. The number of nitrogen functional groups attached to an aromatic ring is 1. The van der Waals surface area contributed by atoms with E-state index in [0.29, 0.717) is 17.9 Å². The highest BCUT2D eigenvalue weighted by molar-refractivity contribution is 5.99. The number of anilines is 1. The van der Waals surface area contributed by atoms with Crippen molar-refractivity contribution in [2.45, 2.75) is 44.7 Å². The molecule has 7 rings (SSSR count). The standard InChI is InChI=1S/C29H32N8O2/c1-18-2-9-22(10-3-18)39-29-33-23-11-4-19(16-24(23)34-29)26-25-27(30)31-17-32-28(25)37(35-26)21-7-5-20(6-8-21)36-12-14-38-15-13-36/h2-4,9-11,16-17,20-21H,5-8,12-15H2,1H3,(H,33,34)(H2,30,31,32)/t20-,21-. The molecule has 1 aliphatic heterocycles. The number of hydrogen-bond donors (Lipinski definition) is 2. The Morgan fingerprint density at radius 3 is 2.54 bits per heavy atom. The number of nitrogens with two attached hydrogens (primary N) is 1. The van der Waals surface area contributed by atoms with E-state index < -0.39 is 0 Å². The van der Waals surface area contributed by atoms with Crippen LogP contribution in [0.4, 0.5) is 5.82 Å². The van der Waals surface area contributed by atoms with Gasteiger partial charge in [-0.25, -0.2) is 14.6 Å². The minimum atomic E-state index is 0.276. The van der Waals surface area contributed by atoms with Gasteiger partial charge in [0.1, 0.15) is 23.6 Å². The van der Waals surface area contributed by atoms with Gasteiger partial charge in [-0.2, -0.15) is 10.1 Å². The van der Waals surface area contributed by atoms with Crippen LogP contribution in [-0.2, 0) is 4.74 Å². The van der Waals surface area contributed by atoms with E-state index in [1.54, 1.807) is 0 Å². The average Bonchev–Trinajstić information content (AvgIpc) is 3.56. The van der Waals surface area contributed by atoms with E-state index in [1.165, 1.54) is 11.9 Å². The van der Waals surface area contributed by atoms with Crippen molar-refractivity contribution in [3.05, 3.63) is 54.4 Å². The number of aromatic amines is 1. The molecule has 0 bridgehead atoms. The Labute approximate surface area is 226 Å². The molecule has 2 aliphatic rings. The molecular weight excluding hydrogens is 492 g/mol. The summed E-state index contributed by atoms with van der Waals surface area (Å²) in [7, 11) is 0. The number of nitrogens with one attached hydrogen (secondary N) is 1. The number of aromatic nitrogens is 6. The first-order valence-corrected chi connectivity index (χ1v) is 13.7. The van der Waals surface area contributed by atoms with Crippen LogP contribution < -0.4 is 10.5 Å². The molecule has 0 atom stereocenters. The second-order valence-corrected chi connectivity index (χ2v) is 10.6. The lowest BCUT2D eigenvalue weighted by molar-refractivity contribution is 0.00520. The average molecular weight is 525 g/mol. The Morgan fingerprint density at radius 1 is 0.974 bits per heavy atom. The third-order valence-corrected chi connectivity index (χ3v) is 8.06. The quantitative estimate of drug-likeness (QED) is 0.334. The molecule has 0 amide bonds.